The number of carbonyl (C=O) groups is 3. The zero-order valence-electron chi connectivity index (χ0n) is 19.8. The van der Waals surface area contributed by atoms with Crippen LogP contribution in [0.15, 0.2) is 58.4 Å². The second-order valence-corrected chi connectivity index (χ2v) is 12.5. The van der Waals surface area contributed by atoms with Crippen molar-refractivity contribution in [2.45, 2.75) is 48.9 Å². The fraction of sp³-hybridized carbons (Fsp3) is 0.308. The van der Waals surface area contributed by atoms with Gasteiger partial charge >= 0.3 is 4.87 Å². The first kappa shape index (κ1) is 24.8. The molecule has 0 radical (unpaired) electrons. The number of amides is 3. The number of imide groups is 1. The average molecular weight is 542 g/mol. The fourth-order valence-electron chi connectivity index (χ4n) is 4.60. The molecule has 36 heavy (non-hydrogen) atoms. The maximum absolute atomic E-state index is 13.1. The topological polar surface area (TPSA) is 97.3 Å². The number of nitrogens with one attached hydrogen (secondary N) is 2. The number of thiazole rings is 1. The molecular formula is C26H24ClN3O4S2. The van der Waals surface area contributed by atoms with Crippen LogP contribution < -0.4 is 15.5 Å². The molecule has 3 amide bonds. The van der Waals surface area contributed by atoms with Crippen molar-refractivity contribution in [3.05, 3.63) is 79.2 Å². The molecular weight excluding hydrogens is 518 g/mol. The second-order valence-electron chi connectivity index (χ2n) is 9.95. The predicted molar refractivity (Wildman–Crippen MR) is 142 cm³/mol. The first-order chi connectivity index (χ1) is 17.0. The second kappa shape index (κ2) is 9.21. The normalized spacial score (nSPS) is 21.1. The molecule has 5 rings (SSSR count). The van der Waals surface area contributed by atoms with Gasteiger partial charge in [0.25, 0.3) is 0 Å². The first-order valence-corrected chi connectivity index (χ1v) is 13.5. The van der Waals surface area contributed by atoms with E-state index in [2.05, 4.69) is 31.4 Å². The van der Waals surface area contributed by atoms with E-state index in [0.29, 0.717) is 20.6 Å². The summed E-state index contributed by atoms with van der Waals surface area (Å²) in [5.74, 6) is -2.15. The Balaban J connectivity index is 1.52. The molecule has 2 aliphatic heterocycles. The highest BCUT2D eigenvalue weighted by molar-refractivity contribution is 8.00. The number of aromatic nitrogens is 1. The third-order valence-corrected chi connectivity index (χ3v) is 9.32. The number of carbonyl (C=O) groups excluding carboxylic acids is 3. The van der Waals surface area contributed by atoms with Gasteiger partial charge in [0, 0.05) is 21.5 Å². The van der Waals surface area contributed by atoms with Crippen LogP contribution in [0.4, 0.5) is 5.69 Å². The van der Waals surface area contributed by atoms with E-state index in [9.17, 15) is 19.2 Å². The van der Waals surface area contributed by atoms with E-state index < -0.39 is 17.1 Å². The van der Waals surface area contributed by atoms with Gasteiger partial charge in [-0.05, 0) is 40.8 Å². The number of hydrogen-bond donors (Lipinski definition) is 2. The molecule has 7 nitrogen and oxygen atoms in total. The summed E-state index contributed by atoms with van der Waals surface area (Å²) in [5, 5.41) is 5.67. The molecule has 0 saturated carbocycles. The molecule has 3 heterocycles. The van der Waals surface area contributed by atoms with Crippen molar-refractivity contribution in [1.82, 2.24) is 9.88 Å². The van der Waals surface area contributed by atoms with Gasteiger partial charge in [0.05, 0.1) is 10.9 Å². The van der Waals surface area contributed by atoms with Gasteiger partial charge in [0.1, 0.15) is 11.8 Å². The van der Waals surface area contributed by atoms with E-state index >= 15 is 0 Å². The van der Waals surface area contributed by atoms with Crippen LogP contribution >= 0.6 is 34.7 Å². The molecule has 1 aromatic heterocycles. The number of hydrogen-bond acceptors (Lipinski definition) is 6. The van der Waals surface area contributed by atoms with Gasteiger partial charge in [0.15, 0.2) is 0 Å². The third-order valence-electron chi connectivity index (χ3n) is 6.45. The molecule has 0 aliphatic carbocycles. The highest BCUT2D eigenvalue weighted by Gasteiger charge is 2.52. The van der Waals surface area contributed by atoms with E-state index in [0.717, 1.165) is 22.5 Å². The molecule has 1 saturated heterocycles. The molecule has 1 fully saturated rings. The van der Waals surface area contributed by atoms with Crippen LogP contribution in [-0.4, -0.2) is 27.5 Å². The van der Waals surface area contributed by atoms with Crippen molar-refractivity contribution in [2.24, 2.45) is 5.92 Å². The minimum Gasteiger partial charge on any atom is -0.325 e. The van der Waals surface area contributed by atoms with E-state index in [4.69, 9.17) is 11.6 Å². The minimum absolute atomic E-state index is 0.0407. The largest absolute Gasteiger partial charge is 0.325 e. The Bertz CT molecular complexity index is 1420. The highest BCUT2D eigenvalue weighted by atomic mass is 35.5. The number of anilines is 1. The smallest absolute Gasteiger partial charge is 0.308 e. The van der Waals surface area contributed by atoms with Crippen LogP contribution in [0, 0.1) is 5.92 Å². The molecule has 3 aromatic rings. The van der Waals surface area contributed by atoms with Crippen molar-refractivity contribution < 1.29 is 14.4 Å². The fourth-order valence-corrected chi connectivity index (χ4v) is 7.47. The van der Waals surface area contributed by atoms with E-state index in [1.807, 2.05) is 24.3 Å². The molecule has 3 atom stereocenters. The Morgan fingerprint density at radius 2 is 1.69 bits per heavy atom. The van der Waals surface area contributed by atoms with Gasteiger partial charge in [-0.1, -0.05) is 79.7 Å². The van der Waals surface area contributed by atoms with Gasteiger partial charge in [-0.3, -0.25) is 29.1 Å². The molecule has 0 bridgehead atoms. The Morgan fingerprint density at radius 3 is 2.33 bits per heavy atom. The Hall–Kier alpha value is -2.88. The Morgan fingerprint density at radius 1 is 1.03 bits per heavy atom. The quantitative estimate of drug-likeness (QED) is 0.478. The van der Waals surface area contributed by atoms with Crippen LogP contribution in [0.2, 0.25) is 5.02 Å². The molecule has 10 heteroatoms. The molecule has 2 aromatic carbocycles. The number of halogens is 1. The van der Waals surface area contributed by atoms with Gasteiger partial charge < -0.3 is 5.32 Å². The summed E-state index contributed by atoms with van der Waals surface area (Å²) in [6.07, 6.45) is 0. The van der Waals surface area contributed by atoms with E-state index in [1.54, 1.807) is 24.3 Å². The Kier molecular flexibility index (Phi) is 6.34. The van der Waals surface area contributed by atoms with Crippen molar-refractivity contribution in [3.63, 3.8) is 0 Å². The Labute approximate surface area is 221 Å². The average Bonchev–Trinajstić information content (AvgIpc) is 3.28. The lowest BCUT2D eigenvalue weighted by Gasteiger charge is -2.31. The number of benzene rings is 2. The number of rotatable bonds is 4. The minimum atomic E-state index is -0.670. The predicted octanol–water partition coefficient (Wildman–Crippen LogP) is 4.38. The summed E-state index contributed by atoms with van der Waals surface area (Å²) in [4.78, 5) is 51.8. The lowest BCUT2D eigenvalue weighted by molar-refractivity contribution is -0.126. The van der Waals surface area contributed by atoms with Crippen LogP contribution in [0.25, 0.3) is 0 Å². The summed E-state index contributed by atoms with van der Waals surface area (Å²) in [6, 6.07) is 14.7. The zero-order chi connectivity index (χ0) is 25.8. The highest BCUT2D eigenvalue weighted by Crippen LogP contribution is 2.51. The maximum Gasteiger partial charge on any atom is 0.308 e. The SMILES string of the molecule is CC(C)(C)c1ccc([C@@H]2c3sc(=O)n(CC(=O)Nc4ccc(Cl)cc4)c3S[C@@H]3C(=O)NC(=O)[C@H]23)cc1. The first-order valence-electron chi connectivity index (χ1n) is 11.4. The van der Waals surface area contributed by atoms with Gasteiger partial charge in [-0.15, -0.1) is 0 Å². The van der Waals surface area contributed by atoms with Gasteiger partial charge in [-0.25, -0.2) is 0 Å². The van der Waals surface area contributed by atoms with E-state index in [1.165, 1.54) is 16.3 Å². The molecule has 186 valence electrons. The lowest BCUT2D eigenvalue weighted by Crippen LogP contribution is -2.32. The summed E-state index contributed by atoms with van der Waals surface area (Å²) in [7, 11) is 0. The molecule has 0 unspecified atom stereocenters. The van der Waals surface area contributed by atoms with Crippen LogP contribution in [0.5, 0.6) is 0 Å². The summed E-state index contributed by atoms with van der Waals surface area (Å²) >= 11 is 8.12. The maximum atomic E-state index is 13.1. The third kappa shape index (κ3) is 4.51. The van der Waals surface area contributed by atoms with Crippen molar-refractivity contribution >= 4 is 58.1 Å². The molecule has 0 spiro atoms. The molecule has 2 N–H and O–H groups in total. The number of thioether (sulfide) groups is 1. The summed E-state index contributed by atoms with van der Waals surface area (Å²) in [5.41, 5.74) is 2.53. The number of nitrogens with zero attached hydrogens (tertiary/aromatic N) is 1. The van der Waals surface area contributed by atoms with Gasteiger partial charge in [0.2, 0.25) is 17.7 Å². The van der Waals surface area contributed by atoms with Crippen LogP contribution in [-0.2, 0) is 26.3 Å². The standard InChI is InChI=1S/C26H24ClN3O4S2/c1-26(2,3)14-6-4-13(5-7-14)18-19-20(23(33)29-22(19)32)35-24-21(18)36-25(34)30(24)12-17(31)28-16-10-8-15(27)9-11-16/h4-11,18-20H,12H2,1-3H3,(H,28,31)(H,29,32,33)/t18-,19+,20-/m0/s1. The van der Waals surface area contributed by atoms with Crippen molar-refractivity contribution in [2.75, 3.05) is 5.32 Å². The number of fused-ring (bicyclic) bond motifs is 2. The van der Waals surface area contributed by atoms with Crippen molar-refractivity contribution in [3.8, 4) is 0 Å². The van der Waals surface area contributed by atoms with Crippen molar-refractivity contribution in [1.29, 1.82) is 0 Å². The van der Waals surface area contributed by atoms with Crippen LogP contribution in [0.3, 0.4) is 0 Å². The van der Waals surface area contributed by atoms with Gasteiger partial charge in [-0.2, -0.15) is 0 Å². The molecule has 2 aliphatic rings. The zero-order valence-corrected chi connectivity index (χ0v) is 22.2. The monoisotopic (exact) mass is 541 g/mol. The lowest BCUT2D eigenvalue weighted by atomic mass is 9.81. The van der Waals surface area contributed by atoms with E-state index in [-0.39, 0.29) is 34.6 Å². The summed E-state index contributed by atoms with van der Waals surface area (Å²) in [6.45, 7) is 6.16. The van der Waals surface area contributed by atoms with Crippen LogP contribution in [0.1, 0.15) is 42.7 Å². The summed E-state index contributed by atoms with van der Waals surface area (Å²) < 4.78 is 1.40.